The maximum absolute atomic E-state index is 13.0. The molecule has 0 fully saturated rings. The first-order chi connectivity index (χ1) is 17.8. The van der Waals surface area contributed by atoms with Crippen LogP contribution in [0, 0.1) is 0 Å². The predicted molar refractivity (Wildman–Crippen MR) is 129 cm³/mol. The van der Waals surface area contributed by atoms with Gasteiger partial charge < -0.3 is 28.4 Å². The fourth-order valence-corrected chi connectivity index (χ4v) is 4.62. The second-order valence-corrected chi connectivity index (χ2v) is 8.60. The average Bonchev–Trinajstić information content (AvgIpc) is 3.20. The Morgan fingerprint density at radius 3 is 1.78 bits per heavy atom. The van der Waals surface area contributed by atoms with Crippen LogP contribution in [0.3, 0.4) is 0 Å². The van der Waals surface area contributed by atoms with Crippen LogP contribution in [0.15, 0.2) is 60.7 Å². The number of esters is 3. The molecule has 37 heavy (non-hydrogen) atoms. The zero-order valence-electron chi connectivity index (χ0n) is 20.6. The number of ether oxygens (including phenoxy) is 6. The van der Waals surface area contributed by atoms with Crippen molar-refractivity contribution in [2.45, 2.75) is 31.7 Å². The highest BCUT2D eigenvalue weighted by Crippen LogP contribution is 2.57. The molecule has 9 nitrogen and oxygen atoms in total. The number of carbonyl (C=O) groups excluding carboxylic acids is 3. The van der Waals surface area contributed by atoms with Gasteiger partial charge in [0.1, 0.15) is 23.0 Å². The first-order valence-corrected chi connectivity index (χ1v) is 11.6. The molecule has 3 aromatic rings. The van der Waals surface area contributed by atoms with Crippen LogP contribution in [0.2, 0.25) is 0 Å². The van der Waals surface area contributed by atoms with Crippen LogP contribution in [0.5, 0.6) is 23.0 Å². The molecule has 2 atom stereocenters. The van der Waals surface area contributed by atoms with Gasteiger partial charge in [-0.05, 0) is 44.2 Å². The summed E-state index contributed by atoms with van der Waals surface area (Å²) in [6.45, 7) is 3.15. The minimum Gasteiger partial charge on any atom is -0.479 e. The topological polar surface area (TPSA) is 107 Å². The standard InChI is InChI=1S/C28H24O9/c1-15(25(29)32-3)34-17-9-11-21-23(13-17)36-24-14-18(35-16(2)26(30)33-4)10-12-22(24)28(21)20-8-6-5-7-19(20)27(31)37-28/h5-16H,1-4H3. The number of benzene rings is 3. The Kier molecular flexibility index (Phi) is 5.99. The lowest BCUT2D eigenvalue weighted by atomic mass is 9.77. The molecule has 0 saturated carbocycles. The van der Waals surface area contributed by atoms with Crippen molar-refractivity contribution in [3.8, 4) is 23.0 Å². The number of fused-ring (bicyclic) bond motifs is 6. The van der Waals surface area contributed by atoms with Gasteiger partial charge in [0, 0.05) is 28.8 Å². The molecule has 190 valence electrons. The molecular weight excluding hydrogens is 480 g/mol. The Hall–Kier alpha value is -4.53. The molecule has 2 unspecified atom stereocenters. The van der Waals surface area contributed by atoms with E-state index in [4.69, 9.17) is 28.4 Å². The Balaban J connectivity index is 1.63. The Bertz CT molecular complexity index is 1340. The van der Waals surface area contributed by atoms with E-state index in [1.807, 2.05) is 12.1 Å². The van der Waals surface area contributed by atoms with Crippen molar-refractivity contribution in [1.29, 1.82) is 0 Å². The molecule has 0 N–H and O–H groups in total. The van der Waals surface area contributed by atoms with E-state index >= 15 is 0 Å². The van der Waals surface area contributed by atoms with E-state index in [1.165, 1.54) is 14.2 Å². The molecule has 0 radical (unpaired) electrons. The fraction of sp³-hybridized carbons (Fsp3) is 0.250. The lowest BCUT2D eigenvalue weighted by Gasteiger charge is -2.36. The van der Waals surface area contributed by atoms with Gasteiger partial charge >= 0.3 is 17.9 Å². The summed E-state index contributed by atoms with van der Waals surface area (Å²) in [5.74, 6) is -0.0662. The molecule has 2 aliphatic heterocycles. The monoisotopic (exact) mass is 504 g/mol. The highest BCUT2D eigenvalue weighted by molar-refractivity contribution is 5.97. The molecule has 0 saturated heterocycles. The Morgan fingerprint density at radius 1 is 0.757 bits per heavy atom. The lowest BCUT2D eigenvalue weighted by Crippen LogP contribution is -2.33. The SMILES string of the molecule is COC(=O)C(C)Oc1ccc2c(c1)Oc1cc(OC(C)C(=O)OC)ccc1C21OC(=O)c2ccccc21. The van der Waals surface area contributed by atoms with Gasteiger partial charge in [0.05, 0.1) is 19.8 Å². The number of methoxy groups -OCH3 is 2. The van der Waals surface area contributed by atoms with E-state index < -0.39 is 35.7 Å². The van der Waals surface area contributed by atoms with Gasteiger partial charge in [-0.1, -0.05) is 18.2 Å². The molecule has 1 spiro atoms. The fourth-order valence-electron chi connectivity index (χ4n) is 4.62. The summed E-state index contributed by atoms with van der Waals surface area (Å²) >= 11 is 0. The minimum atomic E-state index is -1.28. The van der Waals surface area contributed by atoms with E-state index in [9.17, 15) is 14.4 Å². The third kappa shape index (κ3) is 3.92. The van der Waals surface area contributed by atoms with E-state index in [0.29, 0.717) is 45.3 Å². The van der Waals surface area contributed by atoms with Crippen LogP contribution < -0.4 is 14.2 Å². The van der Waals surface area contributed by atoms with Gasteiger partial charge in [-0.25, -0.2) is 14.4 Å². The molecule has 5 rings (SSSR count). The van der Waals surface area contributed by atoms with Crippen LogP contribution >= 0.6 is 0 Å². The molecule has 0 aliphatic carbocycles. The van der Waals surface area contributed by atoms with Crippen molar-refractivity contribution in [3.63, 3.8) is 0 Å². The molecular formula is C28H24O9. The summed E-state index contributed by atoms with van der Waals surface area (Å²) in [6, 6.07) is 17.3. The molecule has 9 heteroatoms. The van der Waals surface area contributed by atoms with Gasteiger partial charge in [-0.2, -0.15) is 0 Å². The van der Waals surface area contributed by atoms with Gasteiger partial charge in [-0.3, -0.25) is 0 Å². The van der Waals surface area contributed by atoms with Crippen LogP contribution in [-0.4, -0.2) is 44.3 Å². The summed E-state index contributed by atoms with van der Waals surface area (Å²) in [5, 5.41) is 0. The summed E-state index contributed by atoms with van der Waals surface area (Å²) in [7, 11) is 2.57. The molecule has 0 amide bonds. The summed E-state index contributed by atoms with van der Waals surface area (Å²) in [4.78, 5) is 36.7. The van der Waals surface area contributed by atoms with Crippen molar-refractivity contribution in [2.24, 2.45) is 0 Å². The summed E-state index contributed by atoms with van der Waals surface area (Å²) < 4.78 is 33.3. The van der Waals surface area contributed by atoms with Crippen molar-refractivity contribution in [3.05, 3.63) is 82.9 Å². The van der Waals surface area contributed by atoms with Gasteiger partial charge in [-0.15, -0.1) is 0 Å². The third-order valence-corrected chi connectivity index (χ3v) is 6.35. The zero-order valence-corrected chi connectivity index (χ0v) is 20.6. The second kappa shape index (κ2) is 9.16. The number of hydrogen-bond acceptors (Lipinski definition) is 9. The summed E-state index contributed by atoms with van der Waals surface area (Å²) in [6.07, 6.45) is -1.70. The predicted octanol–water partition coefficient (Wildman–Crippen LogP) is 4.14. The van der Waals surface area contributed by atoms with Crippen LogP contribution in [0.25, 0.3) is 0 Å². The Labute approximate surface area is 212 Å². The highest BCUT2D eigenvalue weighted by Gasteiger charge is 2.53. The quantitative estimate of drug-likeness (QED) is 0.362. The van der Waals surface area contributed by atoms with Crippen LogP contribution in [0.1, 0.15) is 40.9 Å². The minimum absolute atomic E-state index is 0.361. The number of carbonyl (C=O) groups is 3. The molecule has 3 aromatic carbocycles. The lowest BCUT2D eigenvalue weighted by molar-refractivity contribution is -0.148. The Morgan fingerprint density at radius 2 is 1.27 bits per heavy atom. The first kappa shape index (κ1) is 24.2. The van der Waals surface area contributed by atoms with E-state index in [1.54, 1.807) is 62.4 Å². The molecule has 0 aromatic heterocycles. The average molecular weight is 504 g/mol. The first-order valence-electron chi connectivity index (χ1n) is 11.6. The number of hydrogen-bond donors (Lipinski definition) is 0. The largest absolute Gasteiger partial charge is 0.479 e. The van der Waals surface area contributed by atoms with Crippen molar-refractivity contribution < 1.29 is 42.8 Å². The van der Waals surface area contributed by atoms with E-state index in [2.05, 4.69) is 0 Å². The van der Waals surface area contributed by atoms with E-state index in [0.717, 1.165) is 0 Å². The van der Waals surface area contributed by atoms with Gasteiger partial charge in [0.25, 0.3) is 0 Å². The van der Waals surface area contributed by atoms with Crippen molar-refractivity contribution in [1.82, 2.24) is 0 Å². The maximum atomic E-state index is 13.0. The van der Waals surface area contributed by atoms with Gasteiger partial charge in [0.15, 0.2) is 17.8 Å². The normalized spacial score (nSPS) is 18.3. The third-order valence-electron chi connectivity index (χ3n) is 6.35. The van der Waals surface area contributed by atoms with Crippen LogP contribution in [0.4, 0.5) is 0 Å². The highest BCUT2D eigenvalue weighted by atomic mass is 16.6. The summed E-state index contributed by atoms with van der Waals surface area (Å²) in [5.41, 5.74) is 1.01. The molecule has 0 bridgehead atoms. The van der Waals surface area contributed by atoms with Crippen LogP contribution in [-0.2, 0) is 29.4 Å². The van der Waals surface area contributed by atoms with E-state index in [-0.39, 0.29) is 0 Å². The maximum Gasteiger partial charge on any atom is 0.346 e. The zero-order chi connectivity index (χ0) is 26.3. The smallest absolute Gasteiger partial charge is 0.346 e. The molecule has 2 aliphatic rings. The van der Waals surface area contributed by atoms with Crippen molar-refractivity contribution in [2.75, 3.05) is 14.2 Å². The molecule has 2 heterocycles. The van der Waals surface area contributed by atoms with Crippen molar-refractivity contribution >= 4 is 17.9 Å². The second-order valence-electron chi connectivity index (χ2n) is 8.60. The number of rotatable bonds is 6. The van der Waals surface area contributed by atoms with Gasteiger partial charge in [0.2, 0.25) is 0 Å².